The molecule has 0 spiro atoms. The van der Waals surface area contributed by atoms with Gasteiger partial charge in [-0.2, -0.15) is 0 Å². The third-order valence-electron chi connectivity index (χ3n) is 6.08. The molecule has 4 nitrogen and oxygen atoms in total. The fourth-order valence-electron chi connectivity index (χ4n) is 4.36. The van der Waals surface area contributed by atoms with Crippen molar-refractivity contribution >= 4 is 34.6 Å². The number of hydrogen-bond acceptors (Lipinski definition) is 4. The molecular formula is C23H30Cl2N4. The van der Waals surface area contributed by atoms with Crippen molar-refractivity contribution in [1.82, 2.24) is 9.80 Å². The van der Waals surface area contributed by atoms with Gasteiger partial charge >= 0.3 is 0 Å². The first-order chi connectivity index (χ1) is 14.2. The Morgan fingerprint density at radius 2 is 0.931 bits per heavy atom. The molecule has 0 radical (unpaired) electrons. The van der Waals surface area contributed by atoms with Crippen LogP contribution in [0.4, 0.5) is 11.4 Å². The van der Waals surface area contributed by atoms with Crippen molar-refractivity contribution in [2.45, 2.75) is 6.42 Å². The average molecular weight is 433 g/mol. The van der Waals surface area contributed by atoms with E-state index in [0.717, 1.165) is 62.4 Å². The Hall–Kier alpha value is -1.46. The van der Waals surface area contributed by atoms with Crippen LogP contribution < -0.4 is 9.80 Å². The molecule has 2 aromatic carbocycles. The number of rotatable bonds is 6. The van der Waals surface area contributed by atoms with E-state index < -0.39 is 0 Å². The molecule has 2 heterocycles. The highest BCUT2D eigenvalue weighted by Gasteiger charge is 2.20. The Balaban J connectivity index is 1.15. The van der Waals surface area contributed by atoms with E-state index in [9.17, 15) is 0 Å². The fraction of sp³-hybridized carbons (Fsp3) is 0.478. The van der Waals surface area contributed by atoms with Gasteiger partial charge in [-0.25, -0.2) is 0 Å². The molecule has 0 amide bonds. The summed E-state index contributed by atoms with van der Waals surface area (Å²) in [6.07, 6.45) is 1.23. The first-order valence-corrected chi connectivity index (χ1v) is 11.4. The summed E-state index contributed by atoms with van der Waals surface area (Å²) in [6.45, 7) is 11.1. The van der Waals surface area contributed by atoms with E-state index in [1.807, 2.05) is 24.3 Å². The van der Waals surface area contributed by atoms with Crippen LogP contribution in [0.25, 0.3) is 0 Å². The quantitative estimate of drug-likeness (QED) is 0.673. The van der Waals surface area contributed by atoms with Gasteiger partial charge in [0.2, 0.25) is 0 Å². The van der Waals surface area contributed by atoms with E-state index in [0.29, 0.717) is 0 Å². The van der Waals surface area contributed by atoms with Crippen LogP contribution >= 0.6 is 23.2 Å². The van der Waals surface area contributed by atoms with Gasteiger partial charge < -0.3 is 9.80 Å². The van der Waals surface area contributed by atoms with Crippen LogP contribution in [-0.4, -0.2) is 75.2 Å². The number of halogens is 2. The molecular weight excluding hydrogens is 403 g/mol. The maximum absolute atomic E-state index is 6.35. The average Bonchev–Trinajstić information content (AvgIpc) is 2.76. The predicted octanol–water partition coefficient (Wildman–Crippen LogP) is 4.33. The van der Waals surface area contributed by atoms with Crippen LogP contribution in [0.1, 0.15) is 6.42 Å². The maximum atomic E-state index is 6.35. The molecule has 0 unspecified atom stereocenters. The molecule has 0 bridgehead atoms. The molecule has 0 aromatic heterocycles. The molecule has 2 aromatic rings. The minimum Gasteiger partial charge on any atom is -0.368 e. The summed E-state index contributed by atoms with van der Waals surface area (Å²) < 4.78 is 0. The van der Waals surface area contributed by atoms with Crippen molar-refractivity contribution in [1.29, 1.82) is 0 Å². The fourth-order valence-corrected chi connectivity index (χ4v) is 4.87. The third kappa shape index (κ3) is 5.37. The van der Waals surface area contributed by atoms with Crippen molar-refractivity contribution in [2.24, 2.45) is 0 Å². The first kappa shape index (κ1) is 20.8. The van der Waals surface area contributed by atoms with Crippen molar-refractivity contribution in [3.8, 4) is 0 Å². The zero-order chi connectivity index (χ0) is 20.1. The second-order valence-electron chi connectivity index (χ2n) is 7.91. The highest BCUT2D eigenvalue weighted by Crippen LogP contribution is 2.27. The molecule has 29 heavy (non-hydrogen) atoms. The Morgan fingerprint density at radius 1 is 0.552 bits per heavy atom. The molecule has 0 N–H and O–H groups in total. The lowest BCUT2D eigenvalue weighted by molar-refractivity contribution is 0.213. The maximum Gasteiger partial charge on any atom is 0.0639 e. The molecule has 2 saturated heterocycles. The van der Waals surface area contributed by atoms with Gasteiger partial charge in [-0.3, -0.25) is 9.80 Å². The van der Waals surface area contributed by atoms with Gasteiger partial charge in [0.05, 0.1) is 21.4 Å². The van der Waals surface area contributed by atoms with E-state index in [1.165, 1.54) is 30.9 Å². The Labute approximate surface area is 184 Å². The second-order valence-corrected chi connectivity index (χ2v) is 8.73. The minimum atomic E-state index is 0.858. The zero-order valence-corrected chi connectivity index (χ0v) is 18.5. The zero-order valence-electron chi connectivity index (χ0n) is 16.9. The second kappa shape index (κ2) is 10.0. The Bertz CT molecular complexity index is 718. The molecule has 0 atom stereocenters. The summed E-state index contributed by atoms with van der Waals surface area (Å²) in [4.78, 5) is 10.0. The third-order valence-corrected chi connectivity index (χ3v) is 6.72. The van der Waals surface area contributed by atoms with Crippen molar-refractivity contribution in [2.75, 3.05) is 75.2 Å². The lowest BCUT2D eigenvalue weighted by Gasteiger charge is -2.38. The summed E-state index contributed by atoms with van der Waals surface area (Å²) in [7, 11) is 0. The van der Waals surface area contributed by atoms with Crippen molar-refractivity contribution in [3.05, 3.63) is 58.6 Å². The molecule has 2 fully saturated rings. The van der Waals surface area contributed by atoms with Gasteiger partial charge in [-0.15, -0.1) is 0 Å². The van der Waals surface area contributed by atoms with Crippen molar-refractivity contribution in [3.63, 3.8) is 0 Å². The lowest BCUT2D eigenvalue weighted by atomic mass is 10.2. The lowest BCUT2D eigenvalue weighted by Crippen LogP contribution is -2.48. The van der Waals surface area contributed by atoms with E-state index in [-0.39, 0.29) is 0 Å². The largest absolute Gasteiger partial charge is 0.368 e. The standard InChI is InChI=1S/C23H30Cl2N4/c24-20-6-1-3-8-22(20)28-16-12-26(13-17-28)10-5-11-27-14-18-29(19-15-27)23-9-4-2-7-21(23)25/h1-4,6-9H,5,10-19H2. The number of anilines is 2. The first-order valence-electron chi connectivity index (χ1n) is 10.6. The van der Waals surface area contributed by atoms with Crippen LogP contribution in [0, 0.1) is 0 Å². The molecule has 0 aliphatic carbocycles. The predicted molar refractivity (Wildman–Crippen MR) is 125 cm³/mol. The highest BCUT2D eigenvalue weighted by atomic mass is 35.5. The summed E-state index contributed by atoms with van der Waals surface area (Å²) >= 11 is 12.7. The topological polar surface area (TPSA) is 13.0 Å². The van der Waals surface area contributed by atoms with Gasteiger partial charge in [-0.05, 0) is 43.8 Å². The minimum absolute atomic E-state index is 0.858. The smallest absolute Gasteiger partial charge is 0.0639 e. The summed E-state index contributed by atoms with van der Waals surface area (Å²) in [5.41, 5.74) is 2.34. The van der Waals surface area contributed by atoms with Gasteiger partial charge in [0.1, 0.15) is 0 Å². The van der Waals surface area contributed by atoms with E-state index in [1.54, 1.807) is 0 Å². The number of piperazine rings is 2. The SMILES string of the molecule is Clc1ccccc1N1CCN(CCCN2CCN(c3ccccc3Cl)CC2)CC1. The molecule has 156 valence electrons. The number of benzene rings is 2. The monoisotopic (exact) mass is 432 g/mol. The van der Waals surface area contributed by atoms with Gasteiger partial charge in [0, 0.05) is 52.4 Å². The summed E-state index contributed by atoms with van der Waals surface area (Å²) in [6, 6.07) is 16.3. The molecule has 2 aliphatic rings. The Kier molecular flexibility index (Phi) is 7.20. The number of para-hydroxylation sites is 2. The number of hydrogen-bond donors (Lipinski definition) is 0. The molecule has 2 aliphatic heterocycles. The van der Waals surface area contributed by atoms with Crippen molar-refractivity contribution < 1.29 is 0 Å². The Morgan fingerprint density at radius 3 is 1.31 bits per heavy atom. The van der Waals surface area contributed by atoms with Crippen LogP contribution in [-0.2, 0) is 0 Å². The summed E-state index contributed by atoms with van der Waals surface area (Å²) in [5.74, 6) is 0. The van der Waals surface area contributed by atoms with Crippen LogP contribution in [0.15, 0.2) is 48.5 Å². The van der Waals surface area contributed by atoms with Gasteiger partial charge in [-0.1, -0.05) is 47.5 Å². The van der Waals surface area contributed by atoms with Gasteiger partial charge in [0.25, 0.3) is 0 Å². The van der Waals surface area contributed by atoms with Crippen LogP contribution in [0.2, 0.25) is 10.0 Å². The molecule has 6 heteroatoms. The highest BCUT2D eigenvalue weighted by molar-refractivity contribution is 6.33. The number of nitrogens with zero attached hydrogens (tertiary/aromatic N) is 4. The van der Waals surface area contributed by atoms with Gasteiger partial charge in [0.15, 0.2) is 0 Å². The van der Waals surface area contributed by atoms with Crippen LogP contribution in [0.3, 0.4) is 0 Å². The summed E-state index contributed by atoms with van der Waals surface area (Å²) in [5, 5.41) is 1.72. The molecule has 4 rings (SSSR count). The van der Waals surface area contributed by atoms with E-state index in [2.05, 4.69) is 43.9 Å². The van der Waals surface area contributed by atoms with E-state index in [4.69, 9.17) is 23.2 Å². The molecule has 0 saturated carbocycles. The normalized spacial score (nSPS) is 19.0. The van der Waals surface area contributed by atoms with Crippen LogP contribution in [0.5, 0.6) is 0 Å². The van der Waals surface area contributed by atoms with E-state index >= 15 is 0 Å².